The van der Waals surface area contributed by atoms with Crippen LogP contribution in [0.1, 0.15) is 130 Å². The molecule has 0 heterocycles. The van der Waals surface area contributed by atoms with E-state index in [1.165, 1.54) is 57.8 Å². The molecule has 5 fully saturated rings. The fraction of sp³-hybridized carbons (Fsp3) is 0.811. The number of carbonyl (C=O) groups is 1. The number of ether oxygens (including phenoxy) is 1. The number of carbonyl (C=O) groups excluding carboxylic acids is 1. The zero-order chi connectivity index (χ0) is 28.0. The molecular weight excluding hydrogens is 476 g/mol. The molecule has 0 saturated heterocycles. The van der Waals surface area contributed by atoms with Crippen LogP contribution in [0.15, 0.2) is 30.3 Å². The summed E-state index contributed by atoms with van der Waals surface area (Å²) in [5, 5.41) is 0. The minimum atomic E-state index is -0.146. The van der Waals surface area contributed by atoms with Crippen molar-refractivity contribution in [1.82, 2.24) is 0 Å². The third-order valence-electron chi connectivity index (χ3n) is 15.0. The average molecular weight is 533 g/mol. The fourth-order valence-electron chi connectivity index (χ4n) is 12.7. The molecule has 5 saturated carbocycles. The molecule has 0 amide bonds. The van der Waals surface area contributed by atoms with Crippen LogP contribution in [0.4, 0.5) is 0 Å². The molecule has 0 N–H and O–H groups in total. The van der Waals surface area contributed by atoms with Gasteiger partial charge in [0.2, 0.25) is 0 Å². The van der Waals surface area contributed by atoms with Crippen LogP contribution in [0.3, 0.4) is 0 Å². The van der Waals surface area contributed by atoms with Crippen LogP contribution in [0.2, 0.25) is 0 Å². The second-order valence-corrected chi connectivity index (χ2v) is 16.9. The van der Waals surface area contributed by atoms with Crippen molar-refractivity contribution in [2.75, 3.05) is 0 Å². The second kappa shape index (κ2) is 9.09. The Morgan fingerprint density at radius 2 is 1.49 bits per heavy atom. The Morgan fingerprint density at radius 3 is 2.18 bits per heavy atom. The van der Waals surface area contributed by atoms with E-state index in [0.29, 0.717) is 33.1 Å². The standard InChI is InChI=1S/C37H56O2/c1-24(2)26-16-19-34(5)22-23-36(7)27(31(26)34)14-15-29-35(6)20-18-30(39-32(38)25-12-10-9-11-13-25)33(3,4)28(35)17-21-37(29,36)8/h9-13,24,26-31H,14-23H2,1-8H3/t26-,27+,28-,29+,30+,31+,34+,35+,36+,37+/m0/s1. The first-order chi connectivity index (χ1) is 18.3. The zero-order valence-electron chi connectivity index (χ0n) is 26.3. The van der Waals surface area contributed by atoms with Gasteiger partial charge in [0.1, 0.15) is 6.10 Å². The van der Waals surface area contributed by atoms with Gasteiger partial charge in [-0.1, -0.05) is 73.6 Å². The summed E-state index contributed by atoms with van der Waals surface area (Å²) in [5.74, 6) is 4.78. The van der Waals surface area contributed by atoms with E-state index in [-0.39, 0.29) is 17.5 Å². The van der Waals surface area contributed by atoms with E-state index >= 15 is 0 Å². The molecule has 0 aliphatic heterocycles. The van der Waals surface area contributed by atoms with E-state index in [0.717, 1.165) is 36.0 Å². The lowest BCUT2D eigenvalue weighted by atomic mass is 9.32. The molecule has 5 aliphatic carbocycles. The summed E-state index contributed by atoms with van der Waals surface area (Å²) in [5.41, 5.74) is 2.44. The molecule has 5 aliphatic rings. The monoisotopic (exact) mass is 532 g/mol. The lowest BCUT2D eigenvalue weighted by Gasteiger charge is -2.73. The maximum atomic E-state index is 13.1. The normalized spacial score (nSPS) is 48.4. The van der Waals surface area contributed by atoms with Gasteiger partial charge in [0, 0.05) is 5.41 Å². The molecule has 216 valence electrons. The second-order valence-electron chi connectivity index (χ2n) is 16.9. The highest BCUT2D eigenvalue weighted by molar-refractivity contribution is 5.89. The van der Waals surface area contributed by atoms with Gasteiger partial charge in [-0.05, 0) is 134 Å². The van der Waals surface area contributed by atoms with Crippen LogP contribution in [0.25, 0.3) is 0 Å². The molecule has 10 atom stereocenters. The van der Waals surface area contributed by atoms with E-state index < -0.39 is 0 Å². The van der Waals surface area contributed by atoms with Gasteiger partial charge in [0.05, 0.1) is 5.56 Å². The SMILES string of the molecule is CC(C)[C@@H]1CC[C@]2(C)CC[C@]3(C)[C@H](CC[C@@H]4[C@]5(C)CC[C@@H](OC(=O)c6ccccc6)C(C)(C)[C@@H]5CC[C@]43C)[C@@H]12. The van der Waals surface area contributed by atoms with Crippen molar-refractivity contribution in [3.8, 4) is 0 Å². The third-order valence-corrected chi connectivity index (χ3v) is 15.0. The maximum Gasteiger partial charge on any atom is 0.338 e. The van der Waals surface area contributed by atoms with E-state index in [9.17, 15) is 4.79 Å². The number of esters is 1. The van der Waals surface area contributed by atoms with E-state index in [1.807, 2.05) is 30.3 Å². The first-order valence-electron chi connectivity index (χ1n) is 16.5. The Labute approximate surface area is 239 Å². The number of benzene rings is 1. The maximum absolute atomic E-state index is 13.1. The summed E-state index contributed by atoms with van der Waals surface area (Å²) >= 11 is 0. The summed E-state index contributed by atoms with van der Waals surface area (Å²) in [7, 11) is 0. The summed E-state index contributed by atoms with van der Waals surface area (Å²) in [6.45, 7) is 20.7. The predicted octanol–water partition coefficient (Wildman–Crippen LogP) is 9.97. The predicted molar refractivity (Wildman–Crippen MR) is 160 cm³/mol. The van der Waals surface area contributed by atoms with E-state index in [4.69, 9.17) is 4.74 Å². The molecular formula is C37H56O2. The fourth-order valence-corrected chi connectivity index (χ4v) is 12.7. The number of fused-ring (bicyclic) bond motifs is 7. The van der Waals surface area contributed by atoms with Crippen molar-refractivity contribution in [2.45, 2.75) is 126 Å². The minimum absolute atomic E-state index is 0.000222. The Hall–Kier alpha value is -1.31. The van der Waals surface area contributed by atoms with Gasteiger partial charge >= 0.3 is 5.97 Å². The molecule has 2 nitrogen and oxygen atoms in total. The highest BCUT2D eigenvalue weighted by Crippen LogP contribution is 2.77. The minimum Gasteiger partial charge on any atom is -0.458 e. The molecule has 0 aromatic heterocycles. The molecule has 1 aromatic carbocycles. The Morgan fingerprint density at radius 1 is 0.769 bits per heavy atom. The molecule has 2 heteroatoms. The molecule has 39 heavy (non-hydrogen) atoms. The topological polar surface area (TPSA) is 26.3 Å². The lowest BCUT2D eigenvalue weighted by Crippen LogP contribution is -2.66. The molecule has 0 bridgehead atoms. The van der Waals surface area contributed by atoms with E-state index in [1.54, 1.807) is 0 Å². The van der Waals surface area contributed by atoms with E-state index in [2.05, 4.69) is 55.4 Å². The van der Waals surface area contributed by atoms with Crippen molar-refractivity contribution < 1.29 is 9.53 Å². The number of hydrogen-bond acceptors (Lipinski definition) is 2. The van der Waals surface area contributed by atoms with Gasteiger partial charge in [-0.2, -0.15) is 0 Å². The molecule has 1 aromatic rings. The molecule has 0 radical (unpaired) electrons. The number of rotatable bonds is 3. The van der Waals surface area contributed by atoms with Crippen molar-refractivity contribution in [1.29, 1.82) is 0 Å². The van der Waals surface area contributed by atoms with Crippen molar-refractivity contribution in [3.63, 3.8) is 0 Å². The van der Waals surface area contributed by atoms with Gasteiger partial charge in [-0.25, -0.2) is 4.79 Å². The summed E-state index contributed by atoms with van der Waals surface area (Å²) in [6, 6.07) is 9.60. The van der Waals surface area contributed by atoms with Gasteiger partial charge < -0.3 is 4.74 Å². The summed E-state index contributed by atoms with van der Waals surface area (Å²) in [4.78, 5) is 13.1. The first-order valence-corrected chi connectivity index (χ1v) is 16.5. The van der Waals surface area contributed by atoms with Crippen molar-refractivity contribution in [2.24, 2.45) is 62.6 Å². The summed E-state index contributed by atoms with van der Waals surface area (Å²) in [6.07, 6.45) is 13.5. The van der Waals surface area contributed by atoms with Crippen LogP contribution in [-0.4, -0.2) is 12.1 Å². The smallest absolute Gasteiger partial charge is 0.338 e. The molecule has 6 rings (SSSR count). The van der Waals surface area contributed by atoms with Gasteiger partial charge in [-0.15, -0.1) is 0 Å². The number of hydrogen-bond donors (Lipinski definition) is 0. The largest absolute Gasteiger partial charge is 0.458 e. The Balaban J connectivity index is 1.28. The quantitative estimate of drug-likeness (QED) is 0.362. The highest BCUT2D eigenvalue weighted by Gasteiger charge is 2.70. The van der Waals surface area contributed by atoms with Crippen LogP contribution >= 0.6 is 0 Å². The summed E-state index contributed by atoms with van der Waals surface area (Å²) < 4.78 is 6.31. The van der Waals surface area contributed by atoms with Crippen LogP contribution in [-0.2, 0) is 4.74 Å². The lowest BCUT2D eigenvalue weighted by molar-refractivity contribution is -0.247. The molecule has 0 spiro atoms. The third kappa shape index (κ3) is 3.81. The van der Waals surface area contributed by atoms with Gasteiger partial charge in [0.25, 0.3) is 0 Å². The van der Waals surface area contributed by atoms with Gasteiger partial charge in [-0.3, -0.25) is 0 Å². The van der Waals surface area contributed by atoms with Crippen molar-refractivity contribution >= 4 is 5.97 Å². The van der Waals surface area contributed by atoms with Crippen LogP contribution in [0.5, 0.6) is 0 Å². The highest BCUT2D eigenvalue weighted by atomic mass is 16.5. The van der Waals surface area contributed by atoms with Crippen molar-refractivity contribution in [3.05, 3.63) is 35.9 Å². The van der Waals surface area contributed by atoms with Gasteiger partial charge in [0.15, 0.2) is 0 Å². The Bertz CT molecular complexity index is 1090. The first kappa shape index (κ1) is 27.8. The van der Waals surface area contributed by atoms with Crippen LogP contribution < -0.4 is 0 Å². The zero-order valence-corrected chi connectivity index (χ0v) is 26.3. The Kier molecular flexibility index (Phi) is 6.49. The van der Waals surface area contributed by atoms with Crippen LogP contribution in [0, 0.1) is 62.6 Å². The molecule has 0 unspecified atom stereocenters. The average Bonchev–Trinajstić information content (AvgIpc) is 3.24.